The summed E-state index contributed by atoms with van der Waals surface area (Å²) < 4.78 is 18.6. The highest BCUT2D eigenvalue weighted by atomic mass is 35.5. The molecule has 1 aromatic heterocycles. The van der Waals surface area contributed by atoms with Crippen molar-refractivity contribution in [3.8, 4) is 11.4 Å². The molecule has 2 heterocycles. The lowest BCUT2D eigenvalue weighted by Crippen LogP contribution is -2.48. The normalized spacial score (nSPS) is 14.3. The number of hydrogen-bond acceptors (Lipinski definition) is 6. The molecule has 1 aliphatic rings. The van der Waals surface area contributed by atoms with Crippen LogP contribution in [0.1, 0.15) is 28.2 Å². The van der Waals surface area contributed by atoms with Crippen molar-refractivity contribution in [3.63, 3.8) is 0 Å². The summed E-state index contributed by atoms with van der Waals surface area (Å²) in [5.74, 6) is 0.129. The van der Waals surface area contributed by atoms with Gasteiger partial charge in [0.05, 0.1) is 17.1 Å². The monoisotopic (exact) mass is 485 g/mol. The zero-order valence-corrected chi connectivity index (χ0v) is 19.5. The Balaban J connectivity index is 1.20. The second-order valence-corrected chi connectivity index (χ2v) is 8.52. The van der Waals surface area contributed by atoms with Crippen LogP contribution in [0.5, 0.6) is 0 Å². The van der Waals surface area contributed by atoms with E-state index in [9.17, 15) is 14.0 Å². The van der Waals surface area contributed by atoms with Crippen molar-refractivity contribution in [1.29, 1.82) is 0 Å². The summed E-state index contributed by atoms with van der Waals surface area (Å²) in [5, 5.41) is 6.79. The molecule has 1 aliphatic heterocycles. The van der Waals surface area contributed by atoms with Crippen molar-refractivity contribution in [1.82, 2.24) is 25.3 Å². The molecule has 10 heteroatoms. The van der Waals surface area contributed by atoms with Crippen LogP contribution in [0.15, 0.2) is 47.0 Å². The Morgan fingerprint density at radius 2 is 1.91 bits per heavy atom. The molecule has 2 aromatic carbocycles. The number of hydrogen-bond donors (Lipinski definition) is 1. The minimum absolute atomic E-state index is 0.0345. The average molecular weight is 486 g/mol. The number of benzene rings is 2. The van der Waals surface area contributed by atoms with E-state index in [1.54, 1.807) is 4.90 Å². The maximum atomic E-state index is 13.1. The summed E-state index contributed by atoms with van der Waals surface area (Å²) in [7, 11) is 0. The number of piperazine rings is 1. The maximum Gasteiger partial charge on any atom is 0.252 e. The third kappa shape index (κ3) is 5.78. The van der Waals surface area contributed by atoms with Gasteiger partial charge in [-0.3, -0.25) is 14.5 Å². The molecule has 1 saturated heterocycles. The van der Waals surface area contributed by atoms with Gasteiger partial charge >= 0.3 is 0 Å². The second-order valence-electron chi connectivity index (χ2n) is 8.11. The SMILES string of the molecule is Cc1ccccc1-c1noc(CN2CCN(C(=O)CCNC(=O)c3ccc(F)cc3Cl)CC2)n1. The number of aromatic nitrogens is 2. The van der Waals surface area contributed by atoms with E-state index in [4.69, 9.17) is 16.1 Å². The van der Waals surface area contributed by atoms with Crippen molar-refractivity contribution in [2.24, 2.45) is 0 Å². The summed E-state index contributed by atoms with van der Waals surface area (Å²) in [4.78, 5) is 33.2. The third-order valence-corrected chi connectivity index (χ3v) is 6.05. The molecule has 1 N–H and O–H groups in total. The summed E-state index contributed by atoms with van der Waals surface area (Å²) in [6.07, 6.45) is 0.175. The number of carbonyl (C=O) groups excluding carboxylic acids is 2. The molecular weight excluding hydrogens is 461 g/mol. The summed E-state index contributed by atoms with van der Waals surface area (Å²) in [6, 6.07) is 11.5. The molecule has 178 valence electrons. The largest absolute Gasteiger partial charge is 0.351 e. The van der Waals surface area contributed by atoms with Crippen LogP contribution in [0.3, 0.4) is 0 Å². The molecule has 4 rings (SSSR count). The van der Waals surface area contributed by atoms with E-state index in [1.807, 2.05) is 31.2 Å². The quantitative estimate of drug-likeness (QED) is 0.552. The number of halogens is 2. The van der Waals surface area contributed by atoms with Gasteiger partial charge in [-0.1, -0.05) is 41.0 Å². The first-order chi connectivity index (χ1) is 16.4. The maximum absolute atomic E-state index is 13.1. The molecule has 0 unspecified atom stereocenters. The summed E-state index contributed by atoms with van der Waals surface area (Å²) >= 11 is 5.90. The van der Waals surface area contributed by atoms with Crippen molar-refractivity contribution in [2.45, 2.75) is 19.9 Å². The Morgan fingerprint density at radius 3 is 2.65 bits per heavy atom. The number of nitrogens with one attached hydrogen (secondary N) is 1. The smallest absolute Gasteiger partial charge is 0.252 e. The first kappa shape index (κ1) is 23.8. The van der Waals surface area contributed by atoms with E-state index in [0.717, 1.165) is 17.2 Å². The molecule has 3 aromatic rings. The lowest BCUT2D eigenvalue weighted by Gasteiger charge is -2.34. The topological polar surface area (TPSA) is 91.6 Å². The minimum Gasteiger partial charge on any atom is -0.351 e. The van der Waals surface area contributed by atoms with Crippen LogP contribution in [0.2, 0.25) is 5.02 Å². The predicted molar refractivity (Wildman–Crippen MR) is 125 cm³/mol. The molecular formula is C24H25ClFN5O3. The number of carbonyl (C=O) groups is 2. The Kier molecular flexibility index (Phi) is 7.54. The minimum atomic E-state index is -0.512. The van der Waals surface area contributed by atoms with Gasteiger partial charge in [-0.2, -0.15) is 4.98 Å². The highest BCUT2D eigenvalue weighted by molar-refractivity contribution is 6.33. The number of aryl methyl sites for hydroxylation is 1. The van der Waals surface area contributed by atoms with E-state index < -0.39 is 11.7 Å². The number of rotatable bonds is 7. The van der Waals surface area contributed by atoms with Crippen LogP contribution in [-0.4, -0.2) is 64.5 Å². The van der Waals surface area contributed by atoms with Gasteiger partial charge in [0.1, 0.15) is 5.82 Å². The van der Waals surface area contributed by atoms with E-state index in [2.05, 4.69) is 20.4 Å². The Hall–Kier alpha value is -3.30. The fourth-order valence-electron chi connectivity index (χ4n) is 3.81. The van der Waals surface area contributed by atoms with Crippen LogP contribution in [0.25, 0.3) is 11.4 Å². The molecule has 0 atom stereocenters. The van der Waals surface area contributed by atoms with Gasteiger partial charge in [-0.05, 0) is 30.7 Å². The van der Waals surface area contributed by atoms with Gasteiger partial charge in [0.15, 0.2) is 0 Å². The Morgan fingerprint density at radius 1 is 1.15 bits per heavy atom. The van der Waals surface area contributed by atoms with Crippen LogP contribution in [0, 0.1) is 12.7 Å². The summed E-state index contributed by atoms with van der Waals surface area (Å²) in [6.45, 7) is 5.23. The molecule has 1 fully saturated rings. The van der Waals surface area contributed by atoms with E-state index in [1.165, 1.54) is 12.1 Å². The highest BCUT2D eigenvalue weighted by Gasteiger charge is 2.23. The van der Waals surface area contributed by atoms with Crippen LogP contribution in [-0.2, 0) is 11.3 Å². The van der Waals surface area contributed by atoms with Gasteiger partial charge in [0.2, 0.25) is 17.6 Å². The second kappa shape index (κ2) is 10.8. The highest BCUT2D eigenvalue weighted by Crippen LogP contribution is 2.20. The van der Waals surface area contributed by atoms with Crippen molar-refractivity contribution in [2.75, 3.05) is 32.7 Å². The molecule has 34 heavy (non-hydrogen) atoms. The van der Waals surface area contributed by atoms with Crippen molar-refractivity contribution in [3.05, 3.63) is 70.3 Å². The fraction of sp³-hybridized carbons (Fsp3) is 0.333. The lowest BCUT2D eigenvalue weighted by molar-refractivity contribution is -0.132. The standard InChI is InChI=1S/C24H25ClFN5O3/c1-16-4-2-3-5-18(16)23-28-21(34-29-23)15-30-10-12-31(13-11-30)22(32)8-9-27-24(33)19-7-6-17(26)14-20(19)25/h2-7,14H,8-13,15H2,1H3,(H,27,33). The first-order valence-corrected chi connectivity index (χ1v) is 11.4. The summed E-state index contributed by atoms with van der Waals surface area (Å²) in [5.41, 5.74) is 2.20. The lowest BCUT2D eigenvalue weighted by atomic mass is 10.1. The first-order valence-electron chi connectivity index (χ1n) is 11.0. The average Bonchev–Trinajstić information content (AvgIpc) is 3.28. The van der Waals surface area contributed by atoms with Gasteiger partial charge in [-0.15, -0.1) is 0 Å². The molecule has 8 nitrogen and oxygen atoms in total. The fourth-order valence-corrected chi connectivity index (χ4v) is 4.06. The Labute approximate surface area is 201 Å². The van der Waals surface area contributed by atoms with Crippen LogP contribution >= 0.6 is 11.6 Å². The van der Waals surface area contributed by atoms with E-state index in [-0.39, 0.29) is 29.5 Å². The van der Waals surface area contributed by atoms with Crippen LogP contribution < -0.4 is 5.32 Å². The van der Waals surface area contributed by atoms with Gasteiger partial charge in [0, 0.05) is 44.7 Å². The molecule has 0 saturated carbocycles. The number of amides is 2. The zero-order valence-electron chi connectivity index (χ0n) is 18.8. The van der Waals surface area contributed by atoms with Crippen LogP contribution in [0.4, 0.5) is 4.39 Å². The van der Waals surface area contributed by atoms with Crippen molar-refractivity contribution < 1.29 is 18.5 Å². The number of nitrogens with zero attached hydrogens (tertiary/aromatic N) is 4. The predicted octanol–water partition coefficient (Wildman–Crippen LogP) is 3.30. The Bertz CT molecular complexity index is 1180. The van der Waals surface area contributed by atoms with Gasteiger partial charge in [-0.25, -0.2) is 4.39 Å². The molecule has 0 spiro atoms. The molecule has 0 bridgehead atoms. The van der Waals surface area contributed by atoms with Gasteiger partial charge < -0.3 is 14.7 Å². The zero-order chi connectivity index (χ0) is 24.1. The molecule has 0 radical (unpaired) electrons. The van der Waals surface area contributed by atoms with Gasteiger partial charge in [0.25, 0.3) is 5.91 Å². The van der Waals surface area contributed by atoms with Crippen molar-refractivity contribution >= 4 is 23.4 Å². The van der Waals surface area contributed by atoms with E-state index in [0.29, 0.717) is 44.4 Å². The molecule has 0 aliphatic carbocycles. The molecule has 2 amide bonds. The van der Waals surface area contributed by atoms with E-state index >= 15 is 0 Å². The third-order valence-electron chi connectivity index (χ3n) is 5.74.